The van der Waals surface area contributed by atoms with Crippen LogP contribution in [0.1, 0.15) is 144 Å². The second-order valence-electron chi connectivity index (χ2n) is 28.8. The summed E-state index contributed by atoms with van der Waals surface area (Å²) in [4.78, 5) is 89.7. The van der Waals surface area contributed by atoms with Crippen molar-refractivity contribution in [3.05, 3.63) is 298 Å². The zero-order valence-electron chi connectivity index (χ0n) is 65.5. The van der Waals surface area contributed by atoms with Gasteiger partial charge in [0.1, 0.15) is 72.0 Å². The monoisotopic (exact) mass is 1680 g/mol. The predicted octanol–water partition coefficient (Wildman–Crippen LogP) is 15.7. The minimum atomic E-state index is -5.23. The van der Waals surface area contributed by atoms with Gasteiger partial charge in [-0.3, -0.25) is 42.1 Å². The molecule has 0 spiro atoms. The lowest BCUT2D eigenvalue weighted by atomic mass is 9.79. The molecule has 3 aliphatic rings. The van der Waals surface area contributed by atoms with E-state index in [4.69, 9.17) is 74.2 Å². The first kappa shape index (κ1) is 83.8. The maximum atomic E-state index is 16.8. The van der Waals surface area contributed by atoms with E-state index in [1.165, 1.54) is 59.3 Å². The Labute approximate surface area is 690 Å². The molecule has 0 saturated carbocycles. The number of ether oxygens (including phenoxy) is 6. The first-order valence-corrected chi connectivity index (χ1v) is 41.6. The highest BCUT2D eigenvalue weighted by molar-refractivity contribution is 7.49. The average molecular weight is 1680 g/mol. The molecular weight excluding hydrogens is 1590 g/mol. The van der Waals surface area contributed by atoms with Crippen molar-refractivity contribution in [2.45, 2.75) is 140 Å². The van der Waals surface area contributed by atoms with E-state index in [2.05, 4.69) is 41.6 Å². The zero-order valence-corrected chi connectivity index (χ0v) is 68.8. The predicted molar refractivity (Wildman–Crippen MR) is 441 cm³/mol. The van der Waals surface area contributed by atoms with Crippen LogP contribution in [0, 0.1) is 25.2 Å². The number of phosphoric ester groups is 1. The van der Waals surface area contributed by atoms with Crippen LogP contribution in [-0.4, -0.2) is 126 Å². The Morgan fingerprint density at radius 3 is 1.92 bits per heavy atom. The Morgan fingerprint density at radius 2 is 1.29 bits per heavy atom. The lowest BCUT2D eigenvalue weighted by Crippen LogP contribution is -2.37. The van der Waals surface area contributed by atoms with Crippen molar-refractivity contribution in [3.63, 3.8) is 0 Å². The van der Waals surface area contributed by atoms with Gasteiger partial charge in [0.15, 0.2) is 17.0 Å². The number of hydrogen-bond donors (Lipinski definition) is 3. The molecule has 29 nitrogen and oxygen atoms in total. The summed E-state index contributed by atoms with van der Waals surface area (Å²) in [5.74, 6) is -0.536. The summed E-state index contributed by atoms with van der Waals surface area (Å²) in [6, 6.07) is 55.0. The molecule has 3 saturated heterocycles. The van der Waals surface area contributed by atoms with Gasteiger partial charge in [-0.25, -0.2) is 33.8 Å². The number of rotatable bonds is 32. The van der Waals surface area contributed by atoms with E-state index >= 15 is 4.57 Å². The number of aromatic nitrogens is 8. The summed E-state index contributed by atoms with van der Waals surface area (Å²) in [7, 11) is -4.05. The number of methoxy groups -OCH3 is 2. The number of aromatic amines is 1. The largest absolute Gasteiger partial charge is 0.530 e. The molecule has 0 bridgehead atoms. The van der Waals surface area contributed by atoms with Gasteiger partial charge in [-0.1, -0.05) is 132 Å². The molecule has 118 heavy (non-hydrogen) atoms. The Morgan fingerprint density at radius 1 is 0.686 bits per heavy atom. The van der Waals surface area contributed by atoms with Gasteiger partial charge < -0.3 is 52.6 Å². The van der Waals surface area contributed by atoms with E-state index in [1.54, 1.807) is 111 Å². The highest BCUT2D eigenvalue weighted by Gasteiger charge is 2.51. The normalized spacial score (nSPS) is 20.1. The lowest BCUT2D eigenvalue weighted by Gasteiger charge is -2.37. The number of nitriles is 1. The van der Waals surface area contributed by atoms with Crippen LogP contribution in [0.2, 0.25) is 10.0 Å². The molecule has 4 aromatic heterocycles. The minimum absolute atomic E-state index is 0.0108. The quantitative estimate of drug-likeness (QED) is 0.0200. The molecule has 2 amide bonds. The standard InChI is InChI=1S/C85H86Cl2N12O17P2/c1-51(2)99(52(3)4)117(109-42-20-40-88)114-67-44-74(98-50-91-76-78(89-49-90-79(76)98)94-82(102)56-23-14-10-15-24-56)112-70(67)48-110-118(105,115-66-28-19-18-27-65(66)87)116-68-45-73(97-46-53(5)80(100)95-84(97)104)113-77(68)75-54(6)64(86)38-37-62(75)63-43-72(96-41-39-71(93-83(96)103)92-81(101)55-21-12-9-13-22-55)111-69(63)47-108-85(57-25-16-11-17-26-57,58-29-33-60(106-7)34-30-58)59-31-35-61(107-8)36-32-59/h9-19,21-39,41,46,49-52,63,67-70,72-74,77H,20,42-45,47-48H2,1-8H3,(H,95,100,104)(H,89,90,94,102)(H,92,93,101,103)/t63-,67-,68-,69-,70+,72+,73+,74+,77-,117?,118?/m0/s1. The lowest BCUT2D eigenvalue weighted by molar-refractivity contribution is -0.0803. The highest BCUT2D eigenvalue weighted by atomic mass is 35.5. The number of fused-ring (bicyclic) bond motifs is 1. The summed E-state index contributed by atoms with van der Waals surface area (Å²) in [5, 5.41) is 15.6. The van der Waals surface area contributed by atoms with Gasteiger partial charge in [-0.2, -0.15) is 10.2 Å². The Kier molecular flexibility index (Phi) is 26.4. The fourth-order valence-corrected chi connectivity index (χ4v) is 18.6. The molecule has 33 heteroatoms. The molecule has 11 atom stereocenters. The fourth-order valence-electron chi connectivity index (χ4n) is 15.0. The highest BCUT2D eigenvalue weighted by Crippen LogP contribution is 2.59. The average Bonchev–Trinajstić information content (AvgIpc) is 0.929. The number of aryl methyl sites for hydroxylation is 1. The molecular formula is C85H86Cl2N12O17P2. The van der Waals surface area contributed by atoms with Crippen LogP contribution < -0.4 is 41.6 Å². The van der Waals surface area contributed by atoms with E-state index in [1.807, 2.05) is 111 Å². The molecule has 0 aliphatic carbocycles. The molecule has 3 fully saturated rings. The van der Waals surface area contributed by atoms with Crippen LogP contribution in [-0.2, 0) is 47.2 Å². The second-order valence-corrected chi connectivity index (χ2v) is 32.6. The second kappa shape index (κ2) is 37.1. The van der Waals surface area contributed by atoms with Gasteiger partial charge in [-0.15, -0.1) is 0 Å². The van der Waals surface area contributed by atoms with Crippen molar-refractivity contribution < 1.29 is 65.2 Å². The van der Waals surface area contributed by atoms with Crippen molar-refractivity contribution in [2.24, 2.45) is 0 Å². The third-order valence-electron chi connectivity index (χ3n) is 20.7. The molecule has 612 valence electrons. The van der Waals surface area contributed by atoms with Crippen molar-refractivity contribution in [1.82, 2.24) is 43.3 Å². The summed E-state index contributed by atoms with van der Waals surface area (Å²) in [6.45, 7) is 10.5. The van der Waals surface area contributed by atoms with Gasteiger partial charge in [0, 0.05) is 71.4 Å². The Bertz CT molecular complexity index is 5620. The number of H-pyrrole nitrogens is 1. The molecule has 11 aromatic rings. The molecule has 7 heterocycles. The van der Waals surface area contributed by atoms with Crippen LogP contribution in [0.25, 0.3) is 11.2 Å². The van der Waals surface area contributed by atoms with Crippen LogP contribution in [0.15, 0.2) is 221 Å². The maximum Gasteiger partial charge on any atom is 0.530 e. The number of halogens is 2. The smallest absolute Gasteiger partial charge is 0.497 e. The fraction of sp³-hybridized carbons (Fsp3) is 0.318. The Hall–Kier alpha value is -10.6. The number of nitrogens with zero attached hydrogens (tertiary/aromatic N) is 9. The minimum Gasteiger partial charge on any atom is -0.497 e. The number of carbonyl (C=O) groups excluding carboxylic acids is 2. The first-order chi connectivity index (χ1) is 57.0. The van der Waals surface area contributed by atoms with Crippen LogP contribution >= 0.6 is 39.6 Å². The number of phosphoric acid groups is 1. The van der Waals surface area contributed by atoms with Crippen molar-refractivity contribution >= 4 is 74.2 Å². The van der Waals surface area contributed by atoms with E-state index in [0.717, 1.165) is 5.56 Å². The number of anilines is 2. The van der Waals surface area contributed by atoms with Gasteiger partial charge in [0.05, 0.1) is 70.1 Å². The Balaban J connectivity index is 0.873. The summed E-state index contributed by atoms with van der Waals surface area (Å²) < 4.78 is 97.4. The van der Waals surface area contributed by atoms with Crippen molar-refractivity contribution in [2.75, 3.05) is 44.7 Å². The van der Waals surface area contributed by atoms with E-state index in [9.17, 15) is 29.2 Å². The number of para-hydroxylation sites is 1. The van der Waals surface area contributed by atoms with Crippen molar-refractivity contribution in [3.8, 4) is 23.3 Å². The number of nitrogens with one attached hydrogen (secondary N) is 3. The molecule has 2 unspecified atom stereocenters. The van der Waals surface area contributed by atoms with Crippen LogP contribution in [0.3, 0.4) is 0 Å². The van der Waals surface area contributed by atoms with Gasteiger partial charge in [-0.05, 0) is 148 Å². The molecule has 3 aliphatic heterocycles. The molecule has 14 rings (SSSR count). The number of hydrogen-bond acceptors (Lipinski definition) is 23. The zero-order chi connectivity index (χ0) is 82.9. The van der Waals surface area contributed by atoms with E-state index in [-0.39, 0.29) is 95.1 Å². The molecule has 0 radical (unpaired) electrons. The third-order valence-corrected chi connectivity index (χ3v) is 25.0. The van der Waals surface area contributed by atoms with Gasteiger partial charge in [0.25, 0.3) is 25.9 Å². The molecule has 3 N–H and O–H groups in total. The van der Waals surface area contributed by atoms with E-state index in [0.29, 0.717) is 50.4 Å². The van der Waals surface area contributed by atoms with Crippen LogP contribution in [0.4, 0.5) is 11.6 Å². The SMILES string of the molecule is COc1ccc(C(OC[C@@H]2O[C@@H](n3ccc(NC(=O)c4ccccc4)nc3=O)C[C@H]2c2ccc(Cl)c(C)c2[C@H]2O[C@@H](n3cc(C)c(=O)[nH]c3=O)C[C@@H]2OP(=O)(OC[C@H]2O[C@@H](n3cnc4c(NC(=O)c5ccccc5)ncnc43)C[C@@H]2OP(OCCC#N)N(C(C)C)C(C)C)Oc2ccccc2Cl)(c2ccccc2)c2ccc(OC)cc2)cc1. The van der Waals surface area contributed by atoms with E-state index < -0.39 is 112 Å². The molecule has 7 aromatic carbocycles. The number of benzene rings is 7. The third kappa shape index (κ3) is 18.3. The topological polar surface area (TPSA) is 337 Å². The summed E-state index contributed by atoms with van der Waals surface area (Å²) >= 11 is 14.3. The van der Waals surface area contributed by atoms with Crippen molar-refractivity contribution in [1.29, 1.82) is 5.26 Å². The van der Waals surface area contributed by atoms with Crippen LogP contribution in [0.5, 0.6) is 17.2 Å². The summed E-state index contributed by atoms with van der Waals surface area (Å²) in [6.07, 6.45) is -3.79. The van der Waals surface area contributed by atoms with Gasteiger partial charge >= 0.3 is 19.2 Å². The number of amides is 2. The number of carbonyl (C=O) groups is 2. The summed E-state index contributed by atoms with van der Waals surface area (Å²) in [5.41, 5.74) is 1.24. The first-order valence-electron chi connectivity index (χ1n) is 38.2. The van der Waals surface area contributed by atoms with Gasteiger partial charge in [0.2, 0.25) is 0 Å². The number of imidazole rings is 1. The maximum absolute atomic E-state index is 16.8.